The highest BCUT2D eigenvalue weighted by Gasteiger charge is 2.36. The van der Waals surface area contributed by atoms with Gasteiger partial charge in [0.2, 0.25) is 0 Å². The van der Waals surface area contributed by atoms with Crippen LogP contribution in [0.2, 0.25) is 0 Å². The van der Waals surface area contributed by atoms with Crippen LogP contribution in [0, 0.1) is 5.92 Å². The van der Waals surface area contributed by atoms with Crippen LogP contribution < -0.4 is 4.74 Å². The number of hydrogen-bond donors (Lipinski definition) is 2. The molecule has 2 N–H and O–H groups in total. The van der Waals surface area contributed by atoms with E-state index in [9.17, 15) is 19.8 Å². The Bertz CT molecular complexity index is 1030. The first-order chi connectivity index (χ1) is 15.5. The van der Waals surface area contributed by atoms with Gasteiger partial charge in [0.05, 0.1) is 17.7 Å². The molecule has 5 heteroatoms. The molecular weight excluding hydrogens is 404 g/mol. The van der Waals surface area contributed by atoms with Crippen LogP contribution in [-0.4, -0.2) is 28.4 Å². The third kappa shape index (κ3) is 4.43. The van der Waals surface area contributed by atoms with Gasteiger partial charge in [-0.2, -0.15) is 0 Å². The van der Waals surface area contributed by atoms with Gasteiger partial charge < -0.3 is 14.9 Å². The summed E-state index contributed by atoms with van der Waals surface area (Å²) in [6, 6.07) is 10.8. The maximum absolute atomic E-state index is 13.0. The van der Waals surface area contributed by atoms with Crippen molar-refractivity contribution in [1.82, 2.24) is 0 Å². The number of ether oxygens (including phenoxy) is 1. The van der Waals surface area contributed by atoms with E-state index < -0.39 is 5.78 Å². The third-order valence-electron chi connectivity index (χ3n) is 6.72. The first kappa shape index (κ1) is 22.1. The molecule has 0 atom stereocenters. The first-order valence-electron chi connectivity index (χ1n) is 11.6. The number of benzene rings is 2. The van der Waals surface area contributed by atoms with E-state index in [-0.39, 0.29) is 34.3 Å². The van der Waals surface area contributed by atoms with E-state index in [1.165, 1.54) is 36.6 Å². The highest BCUT2D eigenvalue weighted by Crippen LogP contribution is 2.43. The minimum atomic E-state index is -0.417. The summed E-state index contributed by atoms with van der Waals surface area (Å²) in [6.07, 6.45) is 8.26. The Morgan fingerprint density at radius 2 is 1.47 bits per heavy atom. The summed E-state index contributed by atoms with van der Waals surface area (Å²) < 4.78 is 5.80. The number of carbonyl (C=O) groups excluding carboxylic acids is 2. The van der Waals surface area contributed by atoms with Crippen molar-refractivity contribution in [2.75, 3.05) is 6.61 Å². The third-order valence-corrected chi connectivity index (χ3v) is 6.72. The molecule has 2 aromatic carbocycles. The number of Topliss-reactive ketones (excluding diaryl/α,β-unsaturated/α-hetero) is 1. The summed E-state index contributed by atoms with van der Waals surface area (Å²) in [6.45, 7) is 2.92. The fourth-order valence-corrected chi connectivity index (χ4v) is 4.90. The molecule has 2 aliphatic rings. The van der Waals surface area contributed by atoms with Gasteiger partial charge in [-0.1, -0.05) is 31.9 Å². The number of rotatable bonds is 7. The van der Waals surface area contributed by atoms with Gasteiger partial charge in [0.1, 0.15) is 17.2 Å². The molecule has 5 nitrogen and oxygen atoms in total. The van der Waals surface area contributed by atoms with Crippen LogP contribution in [-0.2, 0) is 0 Å². The van der Waals surface area contributed by atoms with E-state index in [4.69, 9.17) is 4.74 Å². The lowest BCUT2D eigenvalue weighted by atomic mass is 9.72. The summed E-state index contributed by atoms with van der Waals surface area (Å²) in [7, 11) is 0. The monoisotopic (exact) mass is 434 g/mol. The van der Waals surface area contributed by atoms with Crippen LogP contribution in [0.15, 0.2) is 48.0 Å². The number of phenols is 2. The van der Waals surface area contributed by atoms with Gasteiger partial charge in [-0.25, -0.2) is 0 Å². The number of carbonyl (C=O) groups is 2. The molecule has 0 amide bonds. The summed E-state index contributed by atoms with van der Waals surface area (Å²) in [5.41, 5.74) is 1.57. The lowest BCUT2D eigenvalue weighted by Gasteiger charge is -2.31. The molecule has 0 unspecified atom stereocenters. The molecule has 2 aliphatic carbocycles. The fourth-order valence-electron chi connectivity index (χ4n) is 4.90. The highest BCUT2D eigenvalue weighted by atomic mass is 16.5. The van der Waals surface area contributed by atoms with Crippen molar-refractivity contribution in [2.24, 2.45) is 5.92 Å². The van der Waals surface area contributed by atoms with Gasteiger partial charge in [0.25, 0.3) is 0 Å². The van der Waals surface area contributed by atoms with Gasteiger partial charge in [-0.05, 0) is 79.8 Å². The van der Waals surface area contributed by atoms with Gasteiger partial charge >= 0.3 is 0 Å². The summed E-state index contributed by atoms with van der Waals surface area (Å²) in [4.78, 5) is 25.6. The van der Waals surface area contributed by atoms with Crippen LogP contribution in [0.25, 0.3) is 0 Å². The first-order valence-corrected chi connectivity index (χ1v) is 11.6. The van der Waals surface area contributed by atoms with Gasteiger partial charge in [-0.3, -0.25) is 9.59 Å². The zero-order chi connectivity index (χ0) is 22.7. The lowest BCUT2D eigenvalue weighted by molar-refractivity contribution is 0.0965. The quantitative estimate of drug-likeness (QED) is 0.416. The second kappa shape index (κ2) is 9.60. The Balaban J connectivity index is 1.39. The second-order valence-electron chi connectivity index (χ2n) is 8.82. The number of allylic oxidation sites excluding steroid dienone is 2. The van der Waals surface area contributed by atoms with Gasteiger partial charge in [0.15, 0.2) is 11.6 Å². The molecular formula is C27H30O5. The molecule has 0 bridgehead atoms. The molecule has 2 aromatic rings. The predicted molar refractivity (Wildman–Crippen MR) is 123 cm³/mol. The Morgan fingerprint density at radius 3 is 2.12 bits per heavy atom. The standard InChI is InChI=1S/C27H30O5/c1-2-3-4-15-32-20-11-9-18(10-12-20)17-5-7-19(8-6-17)21-16-24(30)25-22(28)13-14-23(29)26(25)27(21)31/h9-14,16-17,19,28-29H,2-8,15H2,1H3. The molecule has 32 heavy (non-hydrogen) atoms. The number of ketones is 2. The van der Waals surface area contributed by atoms with E-state index in [0.717, 1.165) is 44.5 Å². The summed E-state index contributed by atoms with van der Waals surface area (Å²) >= 11 is 0. The smallest absolute Gasteiger partial charge is 0.194 e. The molecule has 168 valence electrons. The summed E-state index contributed by atoms with van der Waals surface area (Å²) in [5, 5.41) is 20.2. The van der Waals surface area contributed by atoms with Crippen molar-refractivity contribution >= 4 is 11.6 Å². The minimum Gasteiger partial charge on any atom is -0.507 e. The molecule has 0 radical (unpaired) electrons. The molecule has 0 spiro atoms. The van der Waals surface area contributed by atoms with Crippen molar-refractivity contribution in [1.29, 1.82) is 0 Å². The lowest BCUT2D eigenvalue weighted by Crippen LogP contribution is -2.25. The number of hydrogen-bond acceptors (Lipinski definition) is 5. The van der Waals surface area contributed by atoms with Crippen molar-refractivity contribution < 1.29 is 24.5 Å². The summed E-state index contributed by atoms with van der Waals surface area (Å²) in [5.74, 6) is 0.0108. The molecule has 0 heterocycles. The van der Waals surface area contributed by atoms with Crippen LogP contribution >= 0.6 is 0 Å². The molecule has 1 saturated carbocycles. The number of unbranched alkanes of at least 4 members (excludes halogenated alkanes) is 2. The van der Waals surface area contributed by atoms with E-state index in [1.807, 2.05) is 12.1 Å². The highest BCUT2D eigenvalue weighted by molar-refractivity contribution is 6.26. The molecule has 0 saturated heterocycles. The zero-order valence-electron chi connectivity index (χ0n) is 18.5. The largest absolute Gasteiger partial charge is 0.507 e. The second-order valence-corrected chi connectivity index (χ2v) is 8.82. The molecule has 4 rings (SSSR count). The fraction of sp³-hybridized carbons (Fsp3) is 0.407. The van der Waals surface area contributed by atoms with E-state index in [2.05, 4.69) is 19.1 Å². The maximum Gasteiger partial charge on any atom is 0.194 e. The molecule has 0 aromatic heterocycles. The molecule has 1 fully saturated rings. The Kier molecular flexibility index (Phi) is 6.63. The van der Waals surface area contributed by atoms with E-state index in [1.54, 1.807) is 0 Å². The topological polar surface area (TPSA) is 83.8 Å². The van der Waals surface area contributed by atoms with Crippen molar-refractivity contribution in [3.63, 3.8) is 0 Å². The van der Waals surface area contributed by atoms with Crippen LogP contribution in [0.1, 0.15) is 84.1 Å². The van der Waals surface area contributed by atoms with Crippen LogP contribution in [0.3, 0.4) is 0 Å². The number of aromatic hydroxyl groups is 2. The van der Waals surface area contributed by atoms with E-state index >= 15 is 0 Å². The average molecular weight is 435 g/mol. The van der Waals surface area contributed by atoms with E-state index in [0.29, 0.717) is 11.5 Å². The number of phenolic OH excluding ortho intramolecular Hbond substituents is 2. The zero-order valence-corrected chi connectivity index (χ0v) is 18.5. The van der Waals surface area contributed by atoms with Crippen molar-refractivity contribution in [3.05, 3.63) is 64.7 Å². The van der Waals surface area contributed by atoms with Crippen LogP contribution in [0.4, 0.5) is 0 Å². The Morgan fingerprint density at radius 1 is 0.844 bits per heavy atom. The van der Waals surface area contributed by atoms with Crippen LogP contribution in [0.5, 0.6) is 17.2 Å². The maximum atomic E-state index is 13.0. The van der Waals surface area contributed by atoms with Gasteiger partial charge in [-0.15, -0.1) is 0 Å². The predicted octanol–water partition coefficient (Wildman–Crippen LogP) is 5.95. The van der Waals surface area contributed by atoms with Crippen molar-refractivity contribution in [2.45, 2.75) is 57.8 Å². The SMILES string of the molecule is CCCCCOc1ccc(C2CCC(C3=CC(=O)c4c(O)ccc(O)c4C3=O)CC2)cc1. The molecule has 0 aliphatic heterocycles. The Hall–Kier alpha value is -3.08. The average Bonchev–Trinajstić information content (AvgIpc) is 2.81. The van der Waals surface area contributed by atoms with Crippen molar-refractivity contribution in [3.8, 4) is 17.2 Å². The Labute approximate surface area is 188 Å². The van der Waals surface area contributed by atoms with Gasteiger partial charge in [0, 0.05) is 5.57 Å². The number of fused-ring (bicyclic) bond motifs is 1. The normalized spacial score (nSPS) is 20.6. The minimum absolute atomic E-state index is 0.0150.